The van der Waals surface area contributed by atoms with E-state index in [1.807, 2.05) is 13.8 Å². The molecule has 0 saturated heterocycles. The Kier molecular flexibility index (Phi) is 5.76. The minimum atomic E-state index is -0.755. The zero-order chi connectivity index (χ0) is 14.4. The summed E-state index contributed by atoms with van der Waals surface area (Å²) in [4.78, 5) is 11.9. The molecule has 4 nitrogen and oxygen atoms in total. The van der Waals surface area contributed by atoms with Gasteiger partial charge in [-0.2, -0.15) is 0 Å². The molecule has 1 rings (SSSR count). The van der Waals surface area contributed by atoms with Crippen LogP contribution >= 0.6 is 0 Å². The van der Waals surface area contributed by atoms with Crippen LogP contribution in [0.3, 0.4) is 0 Å². The molecule has 106 valence electrons. The van der Waals surface area contributed by atoms with E-state index in [-0.39, 0.29) is 24.5 Å². The van der Waals surface area contributed by atoms with Crippen LogP contribution in [0.1, 0.15) is 20.8 Å². The van der Waals surface area contributed by atoms with E-state index in [1.54, 1.807) is 13.0 Å². The van der Waals surface area contributed by atoms with E-state index < -0.39 is 11.9 Å². The summed E-state index contributed by atoms with van der Waals surface area (Å²) in [5.41, 5.74) is 0. The smallest absolute Gasteiger partial charge is 0.261 e. The number of amides is 1. The normalized spacial score (nSPS) is 14.0. The van der Waals surface area contributed by atoms with Crippen molar-refractivity contribution in [3.8, 4) is 5.75 Å². The summed E-state index contributed by atoms with van der Waals surface area (Å²) >= 11 is 0. The van der Waals surface area contributed by atoms with Crippen molar-refractivity contribution in [3.05, 3.63) is 30.1 Å². The highest BCUT2D eigenvalue weighted by Crippen LogP contribution is 2.14. The van der Waals surface area contributed by atoms with Crippen molar-refractivity contribution in [1.82, 2.24) is 5.32 Å². The van der Waals surface area contributed by atoms with Crippen LogP contribution in [0.25, 0.3) is 0 Å². The Morgan fingerprint density at radius 2 is 2.11 bits per heavy atom. The lowest BCUT2D eigenvalue weighted by Crippen LogP contribution is -2.46. The molecule has 1 aromatic carbocycles. The highest BCUT2D eigenvalue weighted by molar-refractivity contribution is 5.81. The van der Waals surface area contributed by atoms with Crippen molar-refractivity contribution in [2.75, 3.05) is 6.61 Å². The molecule has 2 N–H and O–H groups in total. The number of carbonyl (C=O) groups excluding carboxylic acids is 1. The Hall–Kier alpha value is -1.62. The van der Waals surface area contributed by atoms with Crippen molar-refractivity contribution >= 4 is 5.91 Å². The fourth-order valence-electron chi connectivity index (χ4n) is 1.52. The largest absolute Gasteiger partial charge is 0.481 e. The van der Waals surface area contributed by atoms with Gasteiger partial charge in [-0.05, 0) is 25.0 Å². The first-order chi connectivity index (χ1) is 8.93. The lowest BCUT2D eigenvalue weighted by molar-refractivity contribution is -0.128. The molecule has 0 bridgehead atoms. The number of ether oxygens (including phenoxy) is 1. The second kappa shape index (κ2) is 7.09. The average molecular weight is 269 g/mol. The first-order valence-electron chi connectivity index (χ1n) is 6.27. The van der Waals surface area contributed by atoms with Gasteiger partial charge in [0.1, 0.15) is 11.6 Å². The first-order valence-corrected chi connectivity index (χ1v) is 6.27. The van der Waals surface area contributed by atoms with Crippen LogP contribution in [-0.2, 0) is 4.79 Å². The summed E-state index contributed by atoms with van der Waals surface area (Å²) in [6, 6.07) is 5.30. The summed E-state index contributed by atoms with van der Waals surface area (Å²) in [6.45, 7) is 5.25. The summed E-state index contributed by atoms with van der Waals surface area (Å²) < 4.78 is 18.3. The number of halogens is 1. The Morgan fingerprint density at radius 3 is 2.63 bits per heavy atom. The first kappa shape index (κ1) is 15.4. The third kappa shape index (κ3) is 4.87. The van der Waals surface area contributed by atoms with E-state index in [1.165, 1.54) is 18.2 Å². The predicted molar refractivity (Wildman–Crippen MR) is 70.3 cm³/mol. The molecule has 1 aromatic rings. The topological polar surface area (TPSA) is 58.6 Å². The lowest BCUT2D eigenvalue weighted by Gasteiger charge is -2.22. The van der Waals surface area contributed by atoms with E-state index in [4.69, 9.17) is 9.84 Å². The SMILES string of the molecule is CC(Oc1cccc(F)c1)C(=O)NC(CO)C(C)C. The van der Waals surface area contributed by atoms with Crippen molar-refractivity contribution in [2.24, 2.45) is 5.92 Å². The molecular formula is C14H20FNO3. The van der Waals surface area contributed by atoms with Gasteiger partial charge in [-0.25, -0.2) is 4.39 Å². The molecule has 0 saturated carbocycles. The molecule has 0 radical (unpaired) electrons. The molecule has 0 aliphatic heterocycles. The van der Waals surface area contributed by atoms with Gasteiger partial charge in [0.25, 0.3) is 5.91 Å². The summed E-state index contributed by atoms with van der Waals surface area (Å²) in [5.74, 6) is -0.333. The Bertz CT molecular complexity index is 423. The number of carbonyl (C=O) groups is 1. The fourth-order valence-corrected chi connectivity index (χ4v) is 1.52. The van der Waals surface area contributed by atoms with Gasteiger partial charge < -0.3 is 15.2 Å². The van der Waals surface area contributed by atoms with Crippen LogP contribution in [0.15, 0.2) is 24.3 Å². The molecule has 0 spiro atoms. The van der Waals surface area contributed by atoms with E-state index >= 15 is 0 Å². The fraction of sp³-hybridized carbons (Fsp3) is 0.500. The van der Waals surface area contributed by atoms with Crippen molar-refractivity contribution in [3.63, 3.8) is 0 Å². The highest BCUT2D eigenvalue weighted by atomic mass is 19.1. The quantitative estimate of drug-likeness (QED) is 0.827. The highest BCUT2D eigenvalue weighted by Gasteiger charge is 2.20. The average Bonchev–Trinajstić information content (AvgIpc) is 2.35. The minimum Gasteiger partial charge on any atom is -0.481 e. The van der Waals surface area contributed by atoms with Crippen molar-refractivity contribution in [1.29, 1.82) is 0 Å². The van der Waals surface area contributed by atoms with E-state index in [9.17, 15) is 9.18 Å². The Labute approximate surface area is 112 Å². The van der Waals surface area contributed by atoms with Gasteiger partial charge in [0, 0.05) is 6.07 Å². The number of rotatable bonds is 6. The molecule has 0 fully saturated rings. The van der Waals surface area contributed by atoms with Gasteiger partial charge in [-0.3, -0.25) is 4.79 Å². The van der Waals surface area contributed by atoms with Gasteiger partial charge in [-0.1, -0.05) is 19.9 Å². The van der Waals surface area contributed by atoms with E-state index in [2.05, 4.69) is 5.32 Å². The van der Waals surface area contributed by atoms with E-state index in [0.29, 0.717) is 5.75 Å². The maximum Gasteiger partial charge on any atom is 0.261 e. The Morgan fingerprint density at radius 1 is 1.42 bits per heavy atom. The summed E-state index contributed by atoms with van der Waals surface area (Å²) in [5, 5.41) is 11.8. The second-order valence-electron chi connectivity index (χ2n) is 4.76. The number of hydrogen-bond donors (Lipinski definition) is 2. The zero-order valence-corrected chi connectivity index (χ0v) is 11.4. The van der Waals surface area contributed by atoms with Crippen molar-refractivity contribution < 1.29 is 19.0 Å². The number of benzene rings is 1. The van der Waals surface area contributed by atoms with Crippen LogP contribution in [0.5, 0.6) is 5.75 Å². The molecule has 19 heavy (non-hydrogen) atoms. The van der Waals surface area contributed by atoms with Crippen LogP contribution in [0.2, 0.25) is 0 Å². The summed E-state index contributed by atoms with van der Waals surface area (Å²) in [6.07, 6.45) is -0.755. The third-order valence-electron chi connectivity index (χ3n) is 2.81. The third-order valence-corrected chi connectivity index (χ3v) is 2.81. The molecule has 0 aliphatic carbocycles. The van der Waals surface area contributed by atoms with Gasteiger partial charge in [0.15, 0.2) is 6.10 Å². The zero-order valence-electron chi connectivity index (χ0n) is 11.4. The number of hydrogen-bond acceptors (Lipinski definition) is 3. The summed E-state index contributed by atoms with van der Waals surface area (Å²) in [7, 11) is 0. The second-order valence-corrected chi connectivity index (χ2v) is 4.76. The Balaban J connectivity index is 2.57. The van der Waals surface area contributed by atoms with Gasteiger partial charge in [0.2, 0.25) is 0 Å². The minimum absolute atomic E-state index is 0.121. The number of aliphatic hydroxyl groups excluding tert-OH is 1. The van der Waals surface area contributed by atoms with Crippen molar-refractivity contribution in [2.45, 2.75) is 32.9 Å². The molecule has 2 unspecified atom stereocenters. The maximum absolute atomic E-state index is 13.0. The van der Waals surface area contributed by atoms with Gasteiger partial charge in [0.05, 0.1) is 12.6 Å². The molecule has 0 aromatic heterocycles. The standard InChI is InChI=1S/C14H20FNO3/c1-9(2)13(8-17)16-14(18)10(3)19-12-6-4-5-11(15)7-12/h4-7,9-10,13,17H,8H2,1-3H3,(H,16,18). The van der Waals surface area contributed by atoms with Crippen LogP contribution in [0, 0.1) is 11.7 Å². The predicted octanol–water partition coefficient (Wildman–Crippen LogP) is 1.73. The van der Waals surface area contributed by atoms with E-state index in [0.717, 1.165) is 0 Å². The molecule has 5 heteroatoms. The molecule has 1 amide bonds. The molecular weight excluding hydrogens is 249 g/mol. The molecule has 0 heterocycles. The number of nitrogens with one attached hydrogen (secondary N) is 1. The molecule has 0 aliphatic rings. The monoisotopic (exact) mass is 269 g/mol. The van der Waals surface area contributed by atoms with Gasteiger partial charge in [-0.15, -0.1) is 0 Å². The van der Waals surface area contributed by atoms with Crippen LogP contribution in [0.4, 0.5) is 4.39 Å². The van der Waals surface area contributed by atoms with Crippen LogP contribution < -0.4 is 10.1 Å². The van der Waals surface area contributed by atoms with Crippen LogP contribution in [-0.4, -0.2) is 29.8 Å². The lowest BCUT2D eigenvalue weighted by atomic mass is 10.1. The maximum atomic E-state index is 13.0. The molecule has 2 atom stereocenters. The number of aliphatic hydroxyl groups is 1. The van der Waals surface area contributed by atoms with Gasteiger partial charge >= 0.3 is 0 Å².